The predicted molar refractivity (Wildman–Crippen MR) is 209 cm³/mol. The van der Waals surface area contributed by atoms with E-state index in [4.69, 9.17) is 9.47 Å². The third-order valence-corrected chi connectivity index (χ3v) is 10.9. The first-order chi connectivity index (χ1) is 25.8. The fourth-order valence-electron chi connectivity index (χ4n) is 8.82. The molecule has 0 bridgehead atoms. The molecule has 0 radical (unpaired) electrons. The van der Waals surface area contributed by atoms with Crippen LogP contribution in [0.15, 0.2) is 188 Å². The van der Waals surface area contributed by atoms with Gasteiger partial charge >= 0.3 is 0 Å². The molecule has 244 valence electrons. The maximum atomic E-state index is 7.06. The summed E-state index contributed by atoms with van der Waals surface area (Å²) >= 11 is 0. The number of hydrogen-bond acceptors (Lipinski definition) is 3. The van der Waals surface area contributed by atoms with Gasteiger partial charge in [0.1, 0.15) is 0 Å². The van der Waals surface area contributed by atoms with E-state index < -0.39 is 5.41 Å². The van der Waals surface area contributed by atoms with Crippen molar-refractivity contribution in [3.63, 3.8) is 0 Å². The van der Waals surface area contributed by atoms with Crippen LogP contribution in [0.5, 0.6) is 23.0 Å². The topological polar surface area (TPSA) is 21.7 Å². The molecule has 0 saturated heterocycles. The molecule has 0 saturated carbocycles. The first kappa shape index (κ1) is 28.9. The summed E-state index contributed by atoms with van der Waals surface area (Å²) in [5.41, 5.74) is 14.9. The Morgan fingerprint density at radius 2 is 0.904 bits per heavy atom. The minimum atomic E-state index is -0.451. The normalized spacial score (nSPS) is 13.5. The summed E-state index contributed by atoms with van der Waals surface area (Å²) in [4.78, 5) is 2.28. The highest BCUT2D eigenvalue weighted by Crippen LogP contribution is 2.66. The van der Waals surface area contributed by atoms with Gasteiger partial charge in [0.2, 0.25) is 0 Å². The number of ether oxygens (including phenoxy) is 2. The molecule has 2 aliphatic carbocycles. The van der Waals surface area contributed by atoms with Crippen LogP contribution in [0, 0.1) is 0 Å². The molecule has 3 aliphatic rings. The van der Waals surface area contributed by atoms with Crippen molar-refractivity contribution in [3.8, 4) is 56.4 Å². The summed E-state index contributed by atoms with van der Waals surface area (Å²) < 4.78 is 13.7. The second-order valence-electron chi connectivity index (χ2n) is 13.6. The Hall–Kier alpha value is -6.84. The van der Waals surface area contributed by atoms with E-state index in [1.165, 1.54) is 44.5 Å². The van der Waals surface area contributed by atoms with Gasteiger partial charge in [-0.2, -0.15) is 0 Å². The maximum Gasteiger partial charge on any atom is 0.178 e. The summed E-state index contributed by atoms with van der Waals surface area (Å²) in [5.74, 6) is 2.86. The quantitative estimate of drug-likeness (QED) is 0.187. The van der Waals surface area contributed by atoms with Gasteiger partial charge in [0.25, 0.3) is 0 Å². The van der Waals surface area contributed by atoms with E-state index in [1.54, 1.807) is 0 Å². The lowest BCUT2D eigenvalue weighted by Gasteiger charge is -2.31. The molecule has 0 atom stereocenters. The van der Waals surface area contributed by atoms with E-state index in [9.17, 15) is 0 Å². The minimum Gasteiger partial charge on any atom is -0.449 e. The van der Waals surface area contributed by atoms with Gasteiger partial charge in [-0.1, -0.05) is 140 Å². The van der Waals surface area contributed by atoms with Crippen molar-refractivity contribution >= 4 is 17.1 Å². The lowest BCUT2D eigenvalue weighted by molar-refractivity contribution is 0.360. The number of benzene rings is 8. The van der Waals surface area contributed by atoms with Gasteiger partial charge in [-0.25, -0.2) is 0 Å². The number of nitrogens with zero attached hydrogens (tertiary/aromatic N) is 1. The molecule has 0 aromatic heterocycles. The molecule has 0 unspecified atom stereocenters. The van der Waals surface area contributed by atoms with Crippen LogP contribution in [0.3, 0.4) is 0 Å². The van der Waals surface area contributed by atoms with Crippen LogP contribution in [-0.2, 0) is 5.41 Å². The first-order valence-electron chi connectivity index (χ1n) is 17.8. The number of anilines is 3. The van der Waals surface area contributed by atoms with Gasteiger partial charge in [0, 0.05) is 23.0 Å². The summed E-state index contributed by atoms with van der Waals surface area (Å²) in [6.45, 7) is 0. The van der Waals surface area contributed by atoms with Crippen molar-refractivity contribution in [1.82, 2.24) is 0 Å². The molecule has 3 heteroatoms. The highest BCUT2D eigenvalue weighted by Gasteiger charge is 2.53. The fraction of sp³-hybridized carbons (Fsp3) is 0.0204. The standard InChI is InChI=1S/C49H31NO2/c1-3-14-32(15-4-1)33-16-13-19-35(30-33)50(34-17-5-2-6-18-34)36-26-28-44-46(31-36)52-48-45(51-44)29-27-43-47(48)39-22-9-12-25-42(39)49(43)40-23-10-7-20-37(40)38-21-8-11-24-41(38)49/h1-31H. The van der Waals surface area contributed by atoms with Crippen molar-refractivity contribution in [2.24, 2.45) is 0 Å². The molecule has 52 heavy (non-hydrogen) atoms. The Balaban J connectivity index is 1.07. The smallest absolute Gasteiger partial charge is 0.178 e. The SMILES string of the molecule is c1ccc(-c2cccc(N(c3ccccc3)c3ccc4c(c3)Oc3c(ccc5c3-c3ccccc3C53c5ccccc5-c5ccccc53)O4)c2)cc1. The highest BCUT2D eigenvalue weighted by atomic mass is 16.6. The Morgan fingerprint density at radius 3 is 1.63 bits per heavy atom. The largest absolute Gasteiger partial charge is 0.449 e. The molecule has 8 aromatic rings. The molecule has 0 fully saturated rings. The predicted octanol–water partition coefficient (Wildman–Crippen LogP) is 13.1. The van der Waals surface area contributed by atoms with Crippen LogP contribution >= 0.6 is 0 Å². The van der Waals surface area contributed by atoms with E-state index >= 15 is 0 Å². The summed E-state index contributed by atoms with van der Waals surface area (Å²) in [5, 5.41) is 0. The van der Waals surface area contributed by atoms with Gasteiger partial charge in [-0.05, 0) is 92.5 Å². The van der Waals surface area contributed by atoms with Gasteiger partial charge in [0.05, 0.1) is 11.1 Å². The Labute approximate surface area is 302 Å². The van der Waals surface area contributed by atoms with Crippen LogP contribution in [0.2, 0.25) is 0 Å². The lowest BCUT2D eigenvalue weighted by atomic mass is 9.70. The van der Waals surface area contributed by atoms with Crippen LogP contribution < -0.4 is 14.4 Å². The lowest BCUT2D eigenvalue weighted by Crippen LogP contribution is -2.25. The van der Waals surface area contributed by atoms with Crippen molar-refractivity contribution in [2.45, 2.75) is 5.41 Å². The van der Waals surface area contributed by atoms with E-state index in [0.29, 0.717) is 11.5 Å². The van der Waals surface area contributed by atoms with Crippen LogP contribution in [0.1, 0.15) is 22.3 Å². The zero-order chi connectivity index (χ0) is 34.2. The Kier molecular flexibility index (Phi) is 6.17. The zero-order valence-electron chi connectivity index (χ0n) is 28.2. The number of rotatable bonds is 4. The molecule has 3 nitrogen and oxygen atoms in total. The van der Waals surface area contributed by atoms with E-state index in [2.05, 4.69) is 187 Å². The zero-order valence-corrected chi connectivity index (χ0v) is 28.2. The molecule has 8 aromatic carbocycles. The third-order valence-electron chi connectivity index (χ3n) is 10.9. The monoisotopic (exact) mass is 665 g/mol. The molecule has 11 rings (SSSR count). The second-order valence-corrected chi connectivity index (χ2v) is 13.6. The van der Waals surface area contributed by atoms with Crippen molar-refractivity contribution < 1.29 is 9.47 Å². The van der Waals surface area contributed by atoms with Gasteiger partial charge < -0.3 is 14.4 Å². The minimum absolute atomic E-state index is 0.451. The molecule has 1 aliphatic heterocycles. The Bertz CT molecular complexity index is 2650. The van der Waals surface area contributed by atoms with Crippen LogP contribution in [-0.4, -0.2) is 0 Å². The van der Waals surface area contributed by atoms with Gasteiger partial charge in [0.15, 0.2) is 23.0 Å². The summed E-state index contributed by atoms with van der Waals surface area (Å²) in [6, 6.07) is 66.8. The summed E-state index contributed by atoms with van der Waals surface area (Å²) in [6.07, 6.45) is 0. The van der Waals surface area contributed by atoms with Crippen LogP contribution in [0.4, 0.5) is 17.1 Å². The maximum absolute atomic E-state index is 7.06. The summed E-state index contributed by atoms with van der Waals surface area (Å²) in [7, 11) is 0. The molecular formula is C49H31NO2. The van der Waals surface area contributed by atoms with E-state index in [-0.39, 0.29) is 0 Å². The van der Waals surface area contributed by atoms with Gasteiger partial charge in [-0.15, -0.1) is 0 Å². The van der Waals surface area contributed by atoms with Crippen LogP contribution in [0.25, 0.3) is 33.4 Å². The Morgan fingerprint density at radius 1 is 0.346 bits per heavy atom. The number of fused-ring (bicyclic) bond motifs is 13. The average Bonchev–Trinajstić information content (AvgIpc) is 3.69. The fourth-order valence-corrected chi connectivity index (χ4v) is 8.82. The van der Waals surface area contributed by atoms with Gasteiger partial charge in [-0.3, -0.25) is 0 Å². The molecule has 0 N–H and O–H groups in total. The third kappa shape index (κ3) is 4.02. The highest BCUT2D eigenvalue weighted by molar-refractivity contribution is 5.98. The van der Waals surface area contributed by atoms with Crippen molar-refractivity contribution in [3.05, 3.63) is 210 Å². The molecule has 1 spiro atoms. The number of hydrogen-bond donors (Lipinski definition) is 0. The van der Waals surface area contributed by atoms with Crippen molar-refractivity contribution in [1.29, 1.82) is 0 Å². The van der Waals surface area contributed by atoms with E-state index in [0.717, 1.165) is 39.7 Å². The average molecular weight is 666 g/mol. The molecule has 1 heterocycles. The van der Waals surface area contributed by atoms with Crippen molar-refractivity contribution in [2.75, 3.05) is 4.90 Å². The molecular weight excluding hydrogens is 635 g/mol. The number of para-hydroxylation sites is 1. The van der Waals surface area contributed by atoms with E-state index in [1.807, 2.05) is 6.07 Å². The first-order valence-corrected chi connectivity index (χ1v) is 17.8. The second kappa shape index (κ2) is 11.1. The molecule has 0 amide bonds.